The molecule has 3 heteroatoms. The summed E-state index contributed by atoms with van der Waals surface area (Å²) in [5.41, 5.74) is 4.91. The van der Waals surface area contributed by atoms with Crippen LogP contribution in [0.2, 0.25) is 0 Å². The van der Waals surface area contributed by atoms with Gasteiger partial charge in [-0.2, -0.15) is 0 Å². The number of allylic oxidation sites excluding steroid dienone is 6. The Morgan fingerprint density at radius 1 is 1.08 bits per heavy atom. The lowest BCUT2D eigenvalue weighted by atomic mass is 10.0. The molecule has 0 aliphatic rings. The molecule has 0 radical (unpaired) electrons. The molecule has 0 unspecified atom stereocenters. The molecule has 0 aliphatic carbocycles. The van der Waals surface area contributed by atoms with Crippen molar-refractivity contribution in [3.05, 3.63) is 62.4 Å². The lowest BCUT2D eigenvalue weighted by Gasteiger charge is -2.00. The van der Waals surface area contributed by atoms with Crippen LogP contribution >= 0.6 is 11.3 Å². The van der Waals surface area contributed by atoms with Gasteiger partial charge in [0, 0.05) is 15.8 Å². The molecule has 0 amide bonds. The first-order valence-corrected chi connectivity index (χ1v) is 9.73. The summed E-state index contributed by atoms with van der Waals surface area (Å²) in [5.74, 6) is -0.294. The van der Waals surface area contributed by atoms with Crippen LogP contribution in [0.15, 0.2) is 41.5 Å². The Hall–Kier alpha value is -1.87. The van der Waals surface area contributed by atoms with Crippen LogP contribution in [0.5, 0.6) is 0 Å². The number of rotatable bonds is 8. The third-order valence-corrected chi connectivity index (χ3v) is 5.17. The molecule has 0 saturated heterocycles. The second kappa shape index (κ2) is 10.9. The predicted octanol–water partition coefficient (Wildman–Crippen LogP) is 6.21. The summed E-state index contributed by atoms with van der Waals surface area (Å²) in [5, 5.41) is 0. The first-order chi connectivity index (χ1) is 11.9. The summed E-state index contributed by atoms with van der Waals surface area (Å²) in [7, 11) is 0. The minimum atomic E-state index is -0.294. The first-order valence-electron chi connectivity index (χ1n) is 8.92. The number of esters is 1. The highest BCUT2D eigenvalue weighted by Crippen LogP contribution is 2.30. The molecular weight excluding hydrogens is 328 g/mol. The normalized spacial score (nSPS) is 13.2. The maximum atomic E-state index is 11.4. The van der Waals surface area contributed by atoms with Crippen molar-refractivity contribution < 1.29 is 9.53 Å². The molecule has 1 rings (SSSR count). The van der Waals surface area contributed by atoms with E-state index in [2.05, 4.69) is 45.9 Å². The van der Waals surface area contributed by atoms with E-state index in [1.165, 1.54) is 32.5 Å². The van der Waals surface area contributed by atoms with Crippen molar-refractivity contribution in [2.24, 2.45) is 0 Å². The summed E-state index contributed by atoms with van der Waals surface area (Å²) in [4.78, 5) is 14.3. The van der Waals surface area contributed by atoms with Crippen LogP contribution in [-0.2, 0) is 22.4 Å². The monoisotopic (exact) mass is 358 g/mol. The second-order valence-electron chi connectivity index (χ2n) is 5.92. The molecule has 0 bridgehead atoms. The van der Waals surface area contributed by atoms with E-state index in [-0.39, 0.29) is 5.97 Å². The van der Waals surface area contributed by atoms with E-state index in [9.17, 15) is 4.79 Å². The second-order valence-corrected chi connectivity index (χ2v) is 7.23. The van der Waals surface area contributed by atoms with Gasteiger partial charge in [-0.25, -0.2) is 4.79 Å². The van der Waals surface area contributed by atoms with Crippen molar-refractivity contribution in [2.75, 3.05) is 6.61 Å². The van der Waals surface area contributed by atoms with Crippen LogP contribution in [0.25, 0.3) is 6.08 Å². The fourth-order valence-corrected chi connectivity index (χ4v) is 3.79. The maximum Gasteiger partial charge on any atom is 0.330 e. The van der Waals surface area contributed by atoms with Crippen molar-refractivity contribution in [1.29, 1.82) is 0 Å². The third-order valence-electron chi connectivity index (χ3n) is 3.86. The summed E-state index contributed by atoms with van der Waals surface area (Å²) in [6, 6.07) is 0. The average molecular weight is 359 g/mol. The quantitative estimate of drug-likeness (QED) is 0.314. The van der Waals surface area contributed by atoms with Gasteiger partial charge in [-0.15, -0.1) is 11.3 Å². The van der Waals surface area contributed by atoms with Crippen LogP contribution in [0.4, 0.5) is 0 Å². The standard InChI is InChI=1S/C22H30O2S/c1-7-19-18(6)25-21(8-2)20(19)14-13-16(4)11-10-12-17(5)15-22(23)24-9-3/h10-15H,7-9H2,1-6H3/b12-10+,14-13?,16-11?,17-15?. The van der Waals surface area contributed by atoms with E-state index < -0.39 is 0 Å². The first kappa shape index (κ1) is 21.2. The third kappa shape index (κ3) is 6.87. The molecule has 1 aromatic heterocycles. The van der Waals surface area contributed by atoms with Gasteiger partial charge in [-0.1, -0.05) is 49.8 Å². The van der Waals surface area contributed by atoms with Gasteiger partial charge in [-0.05, 0) is 57.2 Å². The molecule has 1 aromatic rings. The Kier molecular flexibility index (Phi) is 9.22. The average Bonchev–Trinajstić information content (AvgIpc) is 2.87. The van der Waals surface area contributed by atoms with E-state index in [1.807, 2.05) is 30.4 Å². The summed E-state index contributed by atoms with van der Waals surface area (Å²) in [6.45, 7) is 12.8. The fraction of sp³-hybridized carbons (Fsp3) is 0.409. The topological polar surface area (TPSA) is 26.3 Å². The Morgan fingerprint density at radius 3 is 2.40 bits per heavy atom. The Labute approximate surface area is 156 Å². The summed E-state index contributed by atoms with van der Waals surface area (Å²) < 4.78 is 4.90. The van der Waals surface area contributed by atoms with Gasteiger partial charge >= 0.3 is 5.97 Å². The van der Waals surface area contributed by atoms with Gasteiger partial charge in [0.15, 0.2) is 0 Å². The van der Waals surface area contributed by atoms with Crippen LogP contribution in [-0.4, -0.2) is 12.6 Å². The fourth-order valence-electron chi connectivity index (χ4n) is 2.59. The van der Waals surface area contributed by atoms with E-state index in [1.54, 1.807) is 6.92 Å². The van der Waals surface area contributed by atoms with Crippen LogP contribution in [0, 0.1) is 6.92 Å². The van der Waals surface area contributed by atoms with E-state index in [0.29, 0.717) is 6.61 Å². The molecular formula is C22H30O2S. The molecule has 0 N–H and O–H groups in total. The predicted molar refractivity (Wildman–Crippen MR) is 110 cm³/mol. The van der Waals surface area contributed by atoms with Crippen molar-refractivity contribution >= 4 is 23.4 Å². The Bertz CT molecular complexity index is 700. The minimum Gasteiger partial charge on any atom is -0.463 e. The molecule has 0 aliphatic heterocycles. The van der Waals surface area contributed by atoms with Crippen molar-refractivity contribution in [3.8, 4) is 0 Å². The zero-order valence-corrected chi connectivity index (χ0v) is 17.1. The van der Waals surface area contributed by atoms with E-state index in [4.69, 9.17) is 4.74 Å². The molecule has 25 heavy (non-hydrogen) atoms. The van der Waals surface area contributed by atoms with Gasteiger partial charge in [-0.3, -0.25) is 0 Å². The van der Waals surface area contributed by atoms with Crippen molar-refractivity contribution in [1.82, 2.24) is 0 Å². The molecule has 1 heterocycles. The van der Waals surface area contributed by atoms with Gasteiger partial charge in [0.05, 0.1) is 6.61 Å². The smallest absolute Gasteiger partial charge is 0.330 e. The lowest BCUT2D eigenvalue weighted by Crippen LogP contribution is -1.99. The van der Waals surface area contributed by atoms with Crippen LogP contribution < -0.4 is 0 Å². The van der Waals surface area contributed by atoms with Crippen molar-refractivity contribution in [2.45, 2.75) is 54.4 Å². The van der Waals surface area contributed by atoms with Crippen LogP contribution in [0.3, 0.4) is 0 Å². The molecule has 0 atom stereocenters. The van der Waals surface area contributed by atoms with Crippen molar-refractivity contribution in [3.63, 3.8) is 0 Å². The number of hydrogen-bond donors (Lipinski definition) is 0. The zero-order valence-electron chi connectivity index (χ0n) is 16.3. The minimum absolute atomic E-state index is 0.294. The van der Waals surface area contributed by atoms with Crippen LogP contribution in [0.1, 0.15) is 55.5 Å². The lowest BCUT2D eigenvalue weighted by molar-refractivity contribution is -0.137. The molecule has 2 nitrogen and oxygen atoms in total. The summed E-state index contributed by atoms with van der Waals surface area (Å²) >= 11 is 1.91. The number of hydrogen-bond acceptors (Lipinski definition) is 3. The molecule has 0 saturated carbocycles. The molecule has 0 fully saturated rings. The number of ether oxygens (including phenoxy) is 1. The Morgan fingerprint density at radius 2 is 1.80 bits per heavy atom. The van der Waals surface area contributed by atoms with Gasteiger partial charge in [0.1, 0.15) is 0 Å². The van der Waals surface area contributed by atoms with Gasteiger partial charge in [0.2, 0.25) is 0 Å². The highest BCUT2D eigenvalue weighted by atomic mass is 32.1. The zero-order chi connectivity index (χ0) is 18.8. The Balaban J connectivity index is 2.83. The number of carbonyl (C=O) groups excluding carboxylic acids is 1. The molecule has 136 valence electrons. The van der Waals surface area contributed by atoms with E-state index >= 15 is 0 Å². The molecule has 0 aromatic carbocycles. The van der Waals surface area contributed by atoms with E-state index in [0.717, 1.165) is 18.4 Å². The number of aryl methyl sites for hydroxylation is 2. The van der Waals surface area contributed by atoms with Gasteiger partial charge in [0.25, 0.3) is 0 Å². The highest BCUT2D eigenvalue weighted by molar-refractivity contribution is 7.12. The van der Waals surface area contributed by atoms with Gasteiger partial charge < -0.3 is 4.74 Å². The largest absolute Gasteiger partial charge is 0.463 e. The highest BCUT2D eigenvalue weighted by Gasteiger charge is 2.10. The molecule has 0 spiro atoms. The summed E-state index contributed by atoms with van der Waals surface area (Å²) in [6.07, 6.45) is 14.0. The maximum absolute atomic E-state index is 11.4. The number of thiophene rings is 1. The SMILES string of the molecule is CCOC(=O)C=C(C)/C=C/C=C(C)C=Cc1c(CC)sc(C)c1CC. The number of carbonyl (C=O) groups is 1.